The molecule has 118 valence electrons. The summed E-state index contributed by atoms with van der Waals surface area (Å²) in [4.78, 5) is 40.6. The second kappa shape index (κ2) is 7.02. The Morgan fingerprint density at radius 2 is 2.00 bits per heavy atom. The largest absolute Gasteiger partial charge is 0.466 e. The van der Waals surface area contributed by atoms with Crippen molar-refractivity contribution in [2.45, 2.75) is 19.8 Å². The number of likely N-dealkylation sites (tertiary alicyclic amines) is 1. The van der Waals surface area contributed by atoms with Gasteiger partial charge in [0.2, 0.25) is 5.91 Å². The number of carbonyl (C=O) groups is 3. The van der Waals surface area contributed by atoms with Gasteiger partial charge in [0.15, 0.2) is 0 Å². The van der Waals surface area contributed by atoms with E-state index in [-0.39, 0.29) is 29.1 Å². The summed E-state index contributed by atoms with van der Waals surface area (Å²) in [6, 6.07) is 2.97. The average molecular weight is 305 g/mol. The van der Waals surface area contributed by atoms with Crippen molar-refractivity contribution in [3.8, 4) is 0 Å². The zero-order chi connectivity index (χ0) is 16.1. The molecule has 2 N–H and O–H groups in total. The fourth-order valence-corrected chi connectivity index (χ4v) is 2.41. The van der Waals surface area contributed by atoms with Crippen LogP contribution in [-0.2, 0) is 9.53 Å². The van der Waals surface area contributed by atoms with Crippen molar-refractivity contribution >= 4 is 17.8 Å². The van der Waals surface area contributed by atoms with Gasteiger partial charge in [-0.15, -0.1) is 0 Å². The summed E-state index contributed by atoms with van der Waals surface area (Å²) in [6.07, 6.45) is 2.47. The van der Waals surface area contributed by atoms with Crippen LogP contribution < -0.4 is 5.73 Å². The summed E-state index contributed by atoms with van der Waals surface area (Å²) in [7, 11) is 0. The van der Waals surface area contributed by atoms with E-state index in [1.165, 1.54) is 18.3 Å². The van der Waals surface area contributed by atoms with E-state index in [4.69, 9.17) is 10.5 Å². The summed E-state index contributed by atoms with van der Waals surface area (Å²) in [5.41, 5.74) is 5.66. The van der Waals surface area contributed by atoms with Gasteiger partial charge in [-0.25, -0.2) is 0 Å². The molecule has 7 nitrogen and oxygen atoms in total. The highest BCUT2D eigenvalue weighted by molar-refractivity contribution is 5.95. The summed E-state index contributed by atoms with van der Waals surface area (Å²) in [6.45, 7) is 3.12. The first kappa shape index (κ1) is 15.9. The molecule has 0 unspecified atom stereocenters. The molecule has 2 heterocycles. The van der Waals surface area contributed by atoms with E-state index < -0.39 is 5.91 Å². The Morgan fingerprint density at radius 3 is 2.50 bits per heavy atom. The fourth-order valence-electron chi connectivity index (χ4n) is 2.41. The van der Waals surface area contributed by atoms with Crippen molar-refractivity contribution in [3.05, 3.63) is 29.6 Å². The monoisotopic (exact) mass is 305 g/mol. The number of nitrogens with zero attached hydrogens (tertiary/aromatic N) is 2. The molecule has 0 spiro atoms. The highest BCUT2D eigenvalue weighted by atomic mass is 16.5. The van der Waals surface area contributed by atoms with Crippen LogP contribution in [0.15, 0.2) is 18.3 Å². The molecule has 1 aromatic heterocycles. The zero-order valence-corrected chi connectivity index (χ0v) is 12.4. The van der Waals surface area contributed by atoms with Crippen LogP contribution in [0.3, 0.4) is 0 Å². The van der Waals surface area contributed by atoms with Gasteiger partial charge in [-0.2, -0.15) is 0 Å². The third-order valence-electron chi connectivity index (χ3n) is 3.67. The minimum absolute atomic E-state index is 0.144. The number of esters is 1. The number of hydrogen-bond acceptors (Lipinski definition) is 5. The van der Waals surface area contributed by atoms with Crippen LogP contribution in [0.1, 0.15) is 40.6 Å². The molecule has 1 fully saturated rings. The van der Waals surface area contributed by atoms with E-state index >= 15 is 0 Å². The predicted octanol–water partition coefficient (Wildman–Crippen LogP) is 0.596. The van der Waals surface area contributed by atoms with Crippen LogP contribution in [-0.4, -0.2) is 47.4 Å². The number of pyridine rings is 1. The summed E-state index contributed by atoms with van der Waals surface area (Å²) < 4.78 is 5.00. The van der Waals surface area contributed by atoms with Gasteiger partial charge in [0, 0.05) is 19.3 Å². The molecule has 0 atom stereocenters. The third-order valence-corrected chi connectivity index (χ3v) is 3.67. The van der Waals surface area contributed by atoms with Gasteiger partial charge in [0.05, 0.1) is 18.1 Å². The Labute approximate surface area is 128 Å². The fraction of sp³-hybridized carbons (Fsp3) is 0.467. The number of hydrogen-bond donors (Lipinski definition) is 1. The van der Waals surface area contributed by atoms with Crippen molar-refractivity contribution in [2.24, 2.45) is 11.7 Å². The predicted molar refractivity (Wildman–Crippen MR) is 78.0 cm³/mol. The molecule has 1 aliphatic rings. The molecular weight excluding hydrogens is 286 g/mol. The van der Waals surface area contributed by atoms with Gasteiger partial charge in [-0.05, 0) is 31.9 Å². The van der Waals surface area contributed by atoms with Gasteiger partial charge in [0.1, 0.15) is 5.69 Å². The molecular formula is C15H19N3O4. The maximum Gasteiger partial charge on any atom is 0.309 e. The number of rotatable bonds is 4. The second-order valence-electron chi connectivity index (χ2n) is 5.11. The van der Waals surface area contributed by atoms with Gasteiger partial charge in [-0.1, -0.05) is 0 Å². The number of piperidine rings is 1. The first-order chi connectivity index (χ1) is 10.5. The SMILES string of the molecule is CCOC(=O)C1CCN(C(=O)c2ccc(C(N)=O)cn2)CC1. The smallest absolute Gasteiger partial charge is 0.309 e. The molecule has 22 heavy (non-hydrogen) atoms. The molecule has 1 aliphatic heterocycles. The minimum Gasteiger partial charge on any atom is -0.466 e. The molecule has 0 radical (unpaired) electrons. The Kier molecular flexibility index (Phi) is 5.08. The molecule has 0 aliphatic carbocycles. The topological polar surface area (TPSA) is 103 Å². The minimum atomic E-state index is -0.582. The lowest BCUT2D eigenvalue weighted by Crippen LogP contribution is -2.41. The van der Waals surface area contributed by atoms with Crippen LogP contribution in [0, 0.1) is 5.92 Å². The van der Waals surface area contributed by atoms with E-state index in [1.54, 1.807) is 11.8 Å². The Hall–Kier alpha value is -2.44. The first-order valence-corrected chi connectivity index (χ1v) is 7.24. The number of ether oxygens (including phenoxy) is 1. The maximum absolute atomic E-state index is 12.3. The lowest BCUT2D eigenvalue weighted by molar-refractivity contribution is -0.149. The van der Waals surface area contributed by atoms with Crippen molar-refractivity contribution in [2.75, 3.05) is 19.7 Å². The van der Waals surface area contributed by atoms with Crippen LogP contribution in [0.5, 0.6) is 0 Å². The van der Waals surface area contributed by atoms with Gasteiger partial charge in [0.25, 0.3) is 5.91 Å². The highest BCUT2D eigenvalue weighted by Gasteiger charge is 2.29. The lowest BCUT2D eigenvalue weighted by atomic mass is 9.97. The van der Waals surface area contributed by atoms with Crippen molar-refractivity contribution in [3.63, 3.8) is 0 Å². The van der Waals surface area contributed by atoms with Crippen LogP contribution in [0.4, 0.5) is 0 Å². The van der Waals surface area contributed by atoms with E-state index in [0.29, 0.717) is 32.5 Å². The molecule has 1 aromatic rings. The molecule has 0 saturated carbocycles. The van der Waals surface area contributed by atoms with Crippen molar-refractivity contribution in [1.29, 1.82) is 0 Å². The quantitative estimate of drug-likeness (QED) is 0.820. The van der Waals surface area contributed by atoms with Crippen LogP contribution in [0.25, 0.3) is 0 Å². The normalized spacial score (nSPS) is 15.4. The van der Waals surface area contributed by atoms with Gasteiger partial charge < -0.3 is 15.4 Å². The van der Waals surface area contributed by atoms with Gasteiger partial charge >= 0.3 is 5.97 Å². The van der Waals surface area contributed by atoms with Crippen molar-refractivity contribution in [1.82, 2.24) is 9.88 Å². The van der Waals surface area contributed by atoms with E-state index in [1.807, 2.05) is 0 Å². The maximum atomic E-state index is 12.3. The Balaban J connectivity index is 1.94. The van der Waals surface area contributed by atoms with E-state index in [0.717, 1.165) is 0 Å². The van der Waals surface area contributed by atoms with Crippen LogP contribution in [0.2, 0.25) is 0 Å². The molecule has 0 aromatic carbocycles. The standard InChI is InChI=1S/C15H19N3O4/c1-2-22-15(21)10-5-7-18(8-6-10)14(20)12-4-3-11(9-17-12)13(16)19/h3-4,9-10H,2,5-8H2,1H3,(H2,16,19). The average Bonchev–Trinajstić information content (AvgIpc) is 2.54. The molecule has 2 amide bonds. The number of amides is 2. The molecule has 1 saturated heterocycles. The Bertz CT molecular complexity index is 563. The van der Waals surface area contributed by atoms with Gasteiger partial charge in [-0.3, -0.25) is 19.4 Å². The summed E-state index contributed by atoms with van der Waals surface area (Å²) >= 11 is 0. The first-order valence-electron chi connectivity index (χ1n) is 7.24. The molecule has 0 bridgehead atoms. The molecule has 7 heteroatoms. The number of aromatic nitrogens is 1. The van der Waals surface area contributed by atoms with E-state index in [2.05, 4.69) is 4.98 Å². The Morgan fingerprint density at radius 1 is 1.32 bits per heavy atom. The summed E-state index contributed by atoms with van der Waals surface area (Å²) in [5.74, 6) is -1.13. The second-order valence-corrected chi connectivity index (χ2v) is 5.11. The lowest BCUT2D eigenvalue weighted by Gasteiger charge is -2.30. The highest BCUT2D eigenvalue weighted by Crippen LogP contribution is 2.20. The van der Waals surface area contributed by atoms with E-state index in [9.17, 15) is 14.4 Å². The number of carbonyl (C=O) groups excluding carboxylic acids is 3. The molecule has 2 rings (SSSR count). The zero-order valence-electron chi connectivity index (χ0n) is 12.4. The third kappa shape index (κ3) is 3.60. The van der Waals surface area contributed by atoms with Crippen LogP contribution >= 0.6 is 0 Å². The number of primary amides is 1. The summed E-state index contributed by atoms with van der Waals surface area (Å²) in [5, 5.41) is 0. The van der Waals surface area contributed by atoms with Crippen molar-refractivity contribution < 1.29 is 19.1 Å². The number of nitrogens with two attached hydrogens (primary N) is 1.